The minimum absolute atomic E-state index is 0.199. The molecule has 1 unspecified atom stereocenters. The maximum atomic E-state index is 6.22. The summed E-state index contributed by atoms with van der Waals surface area (Å²) in [5, 5.41) is 0.853. The van der Waals surface area contributed by atoms with Crippen LogP contribution in [-0.4, -0.2) is 6.54 Å². The summed E-state index contributed by atoms with van der Waals surface area (Å²) in [5.41, 5.74) is 7.09. The standard InChI is InChI=1S/C13H20ClN/c1-13(2,3)11(8-9-15)10-6-4-5-7-12(10)14/h4-7,11H,8-9,15H2,1-3H3. The second-order valence-electron chi connectivity index (χ2n) is 5.02. The fraction of sp³-hybridized carbons (Fsp3) is 0.538. The van der Waals surface area contributed by atoms with Gasteiger partial charge in [-0.15, -0.1) is 0 Å². The Hall–Kier alpha value is -0.530. The van der Waals surface area contributed by atoms with Crippen LogP contribution >= 0.6 is 11.6 Å². The van der Waals surface area contributed by atoms with E-state index >= 15 is 0 Å². The van der Waals surface area contributed by atoms with Gasteiger partial charge in [0, 0.05) is 5.02 Å². The molecule has 2 heteroatoms. The van der Waals surface area contributed by atoms with Crippen molar-refractivity contribution in [3.63, 3.8) is 0 Å². The first kappa shape index (κ1) is 12.5. The van der Waals surface area contributed by atoms with Crippen molar-refractivity contribution in [2.24, 2.45) is 11.1 Å². The first-order valence-electron chi connectivity index (χ1n) is 5.41. The first-order chi connectivity index (χ1) is 6.96. The molecule has 1 rings (SSSR count). The largest absolute Gasteiger partial charge is 0.330 e. The van der Waals surface area contributed by atoms with Crippen molar-refractivity contribution in [2.75, 3.05) is 6.54 Å². The average molecular weight is 226 g/mol. The Morgan fingerprint density at radius 1 is 1.27 bits per heavy atom. The summed E-state index contributed by atoms with van der Waals surface area (Å²) in [6.07, 6.45) is 0.979. The number of nitrogens with two attached hydrogens (primary N) is 1. The third-order valence-electron chi connectivity index (χ3n) is 2.78. The Bertz CT molecular complexity index is 315. The molecule has 0 bridgehead atoms. The van der Waals surface area contributed by atoms with Crippen molar-refractivity contribution in [1.82, 2.24) is 0 Å². The molecule has 15 heavy (non-hydrogen) atoms. The maximum absolute atomic E-state index is 6.22. The smallest absolute Gasteiger partial charge is 0.0441 e. The Morgan fingerprint density at radius 3 is 2.33 bits per heavy atom. The maximum Gasteiger partial charge on any atom is 0.0441 e. The topological polar surface area (TPSA) is 26.0 Å². The van der Waals surface area contributed by atoms with Crippen LogP contribution in [0.25, 0.3) is 0 Å². The monoisotopic (exact) mass is 225 g/mol. The molecule has 84 valence electrons. The lowest BCUT2D eigenvalue weighted by Crippen LogP contribution is -2.21. The highest BCUT2D eigenvalue weighted by Gasteiger charge is 2.26. The number of hydrogen-bond acceptors (Lipinski definition) is 1. The van der Waals surface area contributed by atoms with E-state index in [1.165, 1.54) is 5.56 Å². The lowest BCUT2D eigenvalue weighted by Gasteiger charge is -2.31. The van der Waals surface area contributed by atoms with Crippen LogP contribution in [0.5, 0.6) is 0 Å². The Morgan fingerprint density at radius 2 is 1.87 bits per heavy atom. The highest BCUT2D eigenvalue weighted by Crippen LogP contribution is 2.40. The van der Waals surface area contributed by atoms with Crippen LogP contribution in [0.3, 0.4) is 0 Å². The van der Waals surface area contributed by atoms with Crippen LogP contribution in [0.1, 0.15) is 38.7 Å². The molecule has 1 aromatic carbocycles. The predicted octanol–water partition coefficient (Wildman–Crippen LogP) is 3.82. The summed E-state index contributed by atoms with van der Waals surface area (Å²) in [6.45, 7) is 7.40. The number of hydrogen-bond donors (Lipinski definition) is 1. The van der Waals surface area contributed by atoms with E-state index in [1.807, 2.05) is 18.2 Å². The van der Waals surface area contributed by atoms with Crippen molar-refractivity contribution in [3.8, 4) is 0 Å². The molecular weight excluding hydrogens is 206 g/mol. The van der Waals surface area contributed by atoms with E-state index in [4.69, 9.17) is 17.3 Å². The van der Waals surface area contributed by atoms with Crippen LogP contribution in [0.4, 0.5) is 0 Å². The molecule has 0 radical (unpaired) electrons. The molecule has 0 aliphatic rings. The van der Waals surface area contributed by atoms with Gasteiger partial charge >= 0.3 is 0 Å². The van der Waals surface area contributed by atoms with Gasteiger partial charge in [0.15, 0.2) is 0 Å². The van der Waals surface area contributed by atoms with Crippen molar-refractivity contribution in [1.29, 1.82) is 0 Å². The molecule has 1 nitrogen and oxygen atoms in total. The van der Waals surface area contributed by atoms with Crippen LogP contribution < -0.4 is 5.73 Å². The van der Waals surface area contributed by atoms with E-state index in [2.05, 4.69) is 26.8 Å². The normalized spacial score (nSPS) is 13.9. The third-order valence-corrected chi connectivity index (χ3v) is 3.13. The van der Waals surface area contributed by atoms with E-state index in [9.17, 15) is 0 Å². The summed E-state index contributed by atoms with van der Waals surface area (Å²) >= 11 is 6.22. The molecule has 0 amide bonds. The molecule has 0 saturated heterocycles. The zero-order chi connectivity index (χ0) is 11.5. The molecule has 0 spiro atoms. The zero-order valence-electron chi connectivity index (χ0n) is 9.76. The van der Waals surface area contributed by atoms with Crippen molar-refractivity contribution in [2.45, 2.75) is 33.1 Å². The van der Waals surface area contributed by atoms with Crippen LogP contribution in [0, 0.1) is 5.41 Å². The highest BCUT2D eigenvalue weighted by molar-refractivity contribution is 6.31. The molecule has 0 fully saturated rings. The lowest BCUT2D eigenvalue weighted by molar-refractivity contribution is 0.308. The summed E-state index contributed by atoms with van der Waals surface area (Å²) in [6, 6.07) is 8.06. The van der Waals surface area contributed by atoms with Crippen molar-refractivity contribution in [3.05, 3.63) is 34.9 Å². The SMILES string of the molecule is CC(C)(C)C(CCN)c1ccccc1Cl. The molecule has 0 aliphatic heterocycles. The van der Waals surface area contributed by atoms with Crippen LogP contribution in [0.15, 0.2) is 24.3 Å². The number of rotatable bonds is 3. The van der Waals surface area contributed by atoms with Crippen molar-refractivity contribution < 1.29 is 0 Å². The number of benzene rings is 1. The van der Waals surface area contributed by atoms with Gasteiger partial charge in [0.2, 0.25) is 0 Å². The second kappa shape index (κ2) is 5.00. The molecule has 0 saturated carbocycles. The summed E-state index contributed by atoms with van der Waals surface area (Å²) in [4.78, 5) is 0. The summed E-state index contributed by atoms with van der Waals surface area (Å²) < 4.78 is 0. The van der Waals surface area contributed by atoms with Gasteiger partial charge < -0.3 is 5.73 Å². The van der Waals surface area contributed by atoms with Gasteiger partial charge in [-0.3, -0.25) is 0 Å². The highest BCUT2D eigenvalue weighted by atomic mass is 35.5. The van der Waals surface area contributed by atoms with Crippen LogP contribution in [-0.2, 0) is 0 Å². The molecule has 0 heterocycles. The van der Waals surface area contributed by atoms with E-state index in [0.29, 0.717) is 12.5 Å². The minimum Gasteiger partial charge on any atom is -0.330 e. The predicted molar refractivity (Wildman–Crippen MR) is 67.3 cm³/mol. The average Bonchev–Trinajstić information content (AvgIpc) is 2.14. The quantitative estimate of drug-likeness (QED) is 0.832. The van der Waals surface area contributed by atoms with Gasteiger partial charge in [-0.1, -0.05) is 50.6 Å². The van der Waals surface area contributed by atoms with Gasteiger partial charge in [0.05, 0.1) is 0 Å². The second-order valence-corrected chi connectivity index (χ2v) is 5.42. The van der Waals surface area contributed by atoms with Gasteiger partial charge in [-0.2, -0.15) is 0 Å². The Balaban J connectivity index is 3.05. The van der Waals surface area contributed by atoms with Crippen molar-refractivity contribution >= 4 is 11.6 Å². The Kier molecular flexibility index (Phi) is 4.18. The molecule has 1 atom stereocenters. The minimum atomic E-state index is 0.199. The van der Waals surface area contributed by atoms with E-state index in [1.54, 1.807) is 0 Å². The van der Waals surface area contributed by atoms with E-state index in [0.717, 1.165) is 11.4 Å². The van der Waals surface area contributed by atoms with Gasteiger partial charge in [0.25, 0.3) is 0 Å². The number of halogens is 1. The summed E-state index contributed by atoms with van der Waals surface area (Å²) in [7, 11) is 0. The fourth-order valence-corrected chi connectivity index (χ4v) is 2.25. The van der Waals surface area contributed by atoms with Gasteiger partial charge in [0.1, 0.15) is 0 Å². The summed E-state index contributed by atoms with van der Waals surface area (Å²) in [5.74, 6) is 0.427. The van der Waals surface area contributed by atoms with E-state index in [-0.39, 0.29) is 5.41 Å². The molecule has 2 N–H and O–H groups in total. The van der Waals surface area contributed by atoms with E-state index < -0.39 is 0 Å². The zero-order valence-corrected chi connectivity index (χ0v) is 10.5. The fourth-order valence-electron chi connectivity index (χ4n) is 1.98. The van der Waals surface area contributed by atoms with Gasteiger partial charge in [-0.25, -0.2) is 0 Å². The third kappa shape index (κ3) is 3.22. The Labute approximate surface area is 97.6 Å². The molecule has 1 aromatic rings. The molecule has 0 aromatic heterocycles. The van der Waals surface area contributed by atoms with Gasteiger partial charge in [-0.05, 0) is 35.9 Å². The van der Waals surface area contributed by atoms with Crippen LogP contribution in [0.2, 0.25) is 5.02 Å². The lowest BCUT2D eigenvalue weighted by atomic mass is 9.74. The molecule has 0 aliphatic carbocycles. The molecular formula is C13H20ClN. The first-order valence-corrected chi connectivity index (χ1v) is 5.79.